The first-order valence-corrected chi connectivity index (χ1v) is 16.7. The second-order valence-corrected chi connectivity index (χ2v) is 12.9. The van der Waals surface area contributed by atoms with Gasteiger partial charge in [0.25, 0.3) is 10.0 Å². The second-order valence-electron chi connectivity index (χ2n) is 11.0. The maximum Gasteiger partial charge on any atom is 0.264 e. The van der Waals surface area contributed by atoms with E-state index in [1.54, 1.807) is 30.3 Å². The Bertz CT molecular complexity index is 1740. The summed E-state index contributed by atoms with van der Waals surface area (Å²) in [6.07, 6.45) is 0.818. The van der Waals surface area contributed by atoms with Crippen molar-refractivity contribution >= 4 is 27.5 Å². The number of benzene rings is 4. The maximum atomic E-state index is 14.6. The Morgan fingerprint density at radius 1 is 0.851 bits per heavy atom. The van der Waals surface area contributed by atoms with Crippen molar-refractivity contribution in [2.45, 2.75) is 50.2 Å². The van der Waals surface area contributed by atoms with E-state index in [0.717, 1.165) is 9.87 Å². The molecule has 47 heavy (non-hydrogen) atoms. The molecule has 2 amide bonds. The molecule has 0 aliphatic heterocycles. The fraction of sp³-hybridized carbons (Fsp3) is 0.278. The molecular formula is C36H40FN3O6S. The third-order valence-electron chi connectivity index (χ3n) is 7.80. The quantitative estimate of drug-likeness (QED) is 0.178. The van der Waals surface area contributed by atoms with Gasteiger partial charge in [0.15, 0.2) is 0 Å². The number of nitrogens with zero attached hydrogens (tertiary/aromatic N) is 2. The lowest BCUT2D eigenvalue weighted by Crippen LogP contribution is -2.54. The molecule has 2 atom stereocenters. The monoisotopic (exact) mass is 661 g/mol. The van der Waals surface area contributed by atoms with Crippen molar-refractivity contribution < 1.29 is 31.9 Å². The van der Waals surface area contributed by atoms with Crippen molar-refractivity contribution in [3.8, 4) is 11.5 Å². The van der Waals surface area contributed by atoms with Crippen LogP contribution in [0.15, 0.2) is 108 Å². The summed E-state index contributed by atoms with van der Waals surface area (Å²) in [6.45, 7) is 3.04. The van der Waals surface area contributed by atoms with Crippen LogP contribution in [0.3, 0.4) is 0 Å². The van der Waals surface area contributed by atoms with Crippen molar-refractivity contribution in [2.24, 2.45) is 0 Å². The van der Waals surface area contributed by atoms with E-state index in [9.17, 15) is 22.4 Å². The van der Waals surface area contributed by atoms with E-state index in [-0.39, 0.29) is 35.3 Å². The van der Waals surface area contributed by atoms with Crippen molar-refractivity contribution in [1.29, 1.82) is 0 Å². The molecule has 0 fully saturated rings. The summed E-state index contributed by atoms with van der Waals surface area (Å²) >= 11 is 0. The highest BCUT2D eigenvalue weighted by molar-refractivity contribution is 7.92. The van der Waals surface area contributed by atoms with Crippen LogP contribution in [0.5, 0.6) is 11.5 Å². The summed E-state index contributed by atoms with van der Waals surface area (Å²) in [7, 11) is -1.50. The molecule has 9 nitrogen and oxygen atoms in total. The zero-order valence-corrected chi connectivity index (χ0v) is 27.7. The molecule has 0 heterocycles. The molecule has 0 bridgehead atoms. The first-order chi connectivity index (χ1) is 22.6. The van der Waals surface area contributed by atoms with Crippen molar-refractivity contribution in [3.05, 3.63) is 120 Å². The minimum atomic E-state index is -4.35. The summed E-state index contributed by atoms with van der Waals surface area (Å²) in [5, 5.41) is 2.99. The van der Waals surface area contributed by atoms with Crippen LogP contribution in [0.25, 0.3) is 0 Å². The van der Waals surface area contributed by atoms with Crippen LogP contribution in [0.2, 0.25) is 0 Å². The van der Waals surface area contributed by atoms with Crippen LogP contribution in [0, 0.1) is 5.82 Å². The topological polar surface area (TPSA) is 105 Å². The smallest absolute Gasteiger partial charge is 0.264 e. The van der Waals surface area contributed by atoms with Gasteiger partial charge in [-0.2, -0.15) is 0 Å². The first kappa shape index (κ1) is 35.0. The summed E-state index contributed by atoms with van der Waals surface area (Å²) in [5.74, 6) is -0.959. The number of hydrogen-bond donors (Lipinski definition) is 1. The van der Waals surface area contributed by atoms with E-state index in [1.807, 2.05) is 44.2 Å². The van der Waals surface area contributed by atoms with Crippen LogP contribution >= 0.6 is 0 Å². The van der Waals surface area contributed by atoms with E-state index >= 15 is 0 Å². The van der Waals surface area contributed by atoms with Gasteiger partial charge >= 0.3 is 0 Å². The minimum absolute atomic E-state index is 0.0434. The lowest BCUT2D eigenvalue weighted by molar-refractivity contribution is -0.140. The number of sulfonamides is 1. The van der Waals surface area contributed by atoms with Crippen LogP contribution in [0.1, 0.15) is 31.4 Å². The molecule has 0 aliphatic carbocycles. The Morgan fingerprint density at radius 2 is 1.49 bits per heavy atom. The number of amides is 2. The van der Waals surface area contributed by atoms with E-state index in [1.165, 1.54) is 61.6 Å². The third kappa shape index (κ3) is 8.88. The Labute approximate surface area is 276 Å². The maximum absolute atomic E-state index is 14.6. The van der Waals surface area contributed by atoms with Crippen LogP contribution in [-0.4, -0.2) is 58.0 Å². The van der Waals surface area contributed by atoms with Gasteiger partial charge in [-0.1, -0.05) is 67.6 Å². The molecule has 0 aromatic heterocycles. The zero-order chi connectivity index (χ0) is 34.0. The molecule has 4 aromatic carbocycles. The highest BCUT2D eigenvalue weighted by Crippen LogP contribution is 2.36. The average Bonchev–Trinajstić information content (AvgIpc) is 3.09. The highest BCUT2D eigenvalue weighted by atomic mass is 32.2. The van der Waals surface area contributed by atoms with Gasteiger partial charge in [0.1, 0.15) is 29.9 Å². The van der Waals surface area contributed by atoms with Gasteiger partial charge in [-0.15, -0.1) is 0 Å². The third-order valence-corrected chi connectivity index (χ3v) is 9.58. The van der Waals surface area contributed by atoms with Crippen molar-refractivity contribution in [3.63, 3.8) is 0 Å². The fourth-order valence-corrected chi connectivity index (χ4v) is 6.44. The second kappa shape index (κ2) is 16.1. The number of carbonyl (C=O) groups excluding carboxylic acids is 2. The number of anilines is 1. The number of nitrogens with one attached hydrogen (secondary N) is 1. The lowest BCUT2D eigenvalue weighted by Gasteiger charge is -2.34. The Hall–Kier alpha value is -4.90. The normalized spacial score (nSPS) is 12.4. The number of rotatable bonds is 15. The zero-order valence-electron chi connectivity index (χ0n) is 26.9. The lowest BCUT2D eigenvalue weighted by atomic mass is 10.0. The van der Waals surface area contributed by atoms with Crippen LogP contribution in [-0.2, 0) is 32.6 Å². The minimum Gasteiger partial charge on any atom is -0.497 e. The summed E-state index contributed by atoms with van der Waals surface area (Å²) < 4.78 is 54.3. The molecule has 4 aromatic rings. The highest BCUT2D eigenvalue weighted by Gasteiger charge is 2.36. The molecule has 248 valence electrons. The number of carbonyl (C=O) groups is 2. The molecule has 4 rings (SSSR count). The number of ether oxygens (including phenoxy) is 2. The molecule has 2 unspecified atom stereocenters. The molecule has 11 heteroatoms. The number of hydrogen-bond acceptors (Lipinski definition) is 6. The van der Waals surface area contributed by atoms with E-state index in [2.05, 4.69) is 5.32 Å². The van der Waals surface area contributed by atoms with Crippen molar-refractivity contribution in [1.82, 2.24) is 10.2 Å². The molecule has 0 saturated heterocycles. The molecule has 0 aliphatic rings. The van der Waals surface area contributed by atoms with Gasteiger partial charge < -0.3 is 19.7 Å². The van der Waals surface area contributed by atoms with E-state index in [4.69, 9.17) is 9.47 Å². The van der Waals surface area contributed by atoms with Gasteiger partial charge in [0.2, 0.25) is 11.8 Å². The average molecular weight is 662 g/mol. The summed E-state index contributed by atoms with van der Waals surface area (Å²) in [6, 6.07) is 26.1. The van der Waals surface area contributed by atoms with Crippen LogP contribution in [0.4, 0.5) is 10.1 Å². The predicted molar refractivity (Wildman–Crippen MR) is 179 cm³/mol. The van der Waals surface area contributed by atoms with Gasteiger partial charge in [0.05, 0.1) is 24.8 Å². The first-order valence-electron chi connectivity index (χ1n) is 15.2. The summed E-state index contributed by atoms with van der Waals surface area (Å²) in [4.78, 5) is 29.9. The van der Waals surface area contributed by atoms with E-state index < -0.39 is 40.2 Å². The fourth-order valence-electron chi connectivity index (χ4n) is 5.01. The van der Waals surface area contributed by atoms with Gasteiger partial charge in [-0.25, -0.2) is 12.8 Å². The number of methoxy groups -OCH3 is 2. The molecular weight excluding hydrogens is 621 g/mol. The molecule has 0 saturated carbocycles. The van der Waals surface area contributed by atoms with Gasteiger partial charge in [-0.05, 0) is 60.9 Å². The summed E-state index contributed by atoms with van der Waals surface area (Å²) in [5.41, 5.74) is 1.44. The predicted octanol–water partition coefficient (Wildman–Crippen LogP) is 5.59. The van der Waals surface area contributed by atoms with Gasteiger partial charge in [-0.3, -0.25) is 13.9 Å². The van der Waals surface area contributed by atoms with Gasteiger partial charge in [0, 0.05) is 25.1 Å². The Balaban J connectivity index is 1.86. The molecule has 0 radical (unpaired) electrons. The van der Waals surface area contributed by atoms with Crippen molar-refractivity contribution in [2.75, 3.05) is 25.1 Å². The molecule has 1 N–H and O–H groups in total. The SMILES string of the molecule is CCC(C)NC(=O)C(Cc1ccccc1)N(Cc1ccc(F)cc1)C(=O)CN(c1cc(OC)ccc1OC)S(=O)(=O)c1ccccc1. The molecule has 0 spiro atoms. The number of halogens is 1. The Kier molecular flexibility index (Phi) is 12.0. The van der Waals surface area contributed by atoms with E-state index in [0.29, 0.717) is 17.7 Å². The standard InChI is InChI=1S/C36H40FN3O6S/c1-5-26(2)38-36(42)33(22-27-12-8-6-9-13-27)39(24-28-16-18-29(37)19-17-28)35(41)25-40(47(43,44)31-14-10-7-11-15-31)32-23-30(45-3)20-21-34(32)46-4/h6-21,23,26,33H,5,22,24-25H2,1-4H3,(H,38,42). The largest absolute Gasteiger partial charge is 0.497 e. The Morgan fingerprint density at radius 3 is 2.09 bits per heavy atom. The van der Waals surface area contributed by atoms with Crippen LogP contribution < -0.4 is 19.1 Å².